The summed E-state index contributed by atoms with van der Waals surface area (Å²) in [5.74, 6) is -0.969. The molecule has 1 unspecified atom stereocenters. The molecule has 424 valence electrons. The lowest BCUT2D eigenvalue weighted by atomic mass is 10.0. The lowest BCUT2D eigenvalue weighted by Gasteiger charge is -2.18. The van der Waals surface area contributed by atoms with Crippen molar-refractivity contribution in [3.8, 4) is 0 Å². The fraction of sp³-hybridized carbons (Fsp3) is 0.638. The van der Waals surface area contributed by atoms with Crippen molar-refractivity contribution in [1.29, 1.82) is 0 Å². The summed E-state index contributed by atoms with van der Waals surface area (Å²) >= 11 is 0. The topological polar surface area (TPSA) is 78.9 Å². The van der Waals surface area contributed by atoms with Crippen LogP contribution in [-0.2, 0) is 28.6 Å². The molecule has 0 spiro atoms. The maximum atomic E-state index is 12.8. The Bertz CT molecular complexity index is 1620. The molecule has 0 aliphatic heterocycles. The highest BCUT2D eigenvalue weighted by Gasteiger charge is 2.19. The number of unbranched alkanes of at least 4 members (excludes halogenated alkanes) is 21. The van der Waals surface area contributed by atoms with Gasteiger partial charge < -0.3 is 14.2 Å². The monoisotopic (exact) mass is 1040 g/mol. The van der Waals surface area contributed by atoms with E-state index in [0.29, 0.717) is 19.3 Å². The molecule has 1 atom stereocenters. The zero-order chi connectivity index (χ0) is 54.3. The lowest BCUT2D eigenvalue weighted by Crippen LogP contribution is -2.30. The first kappa shape index (κ1) is 70.5. The average Bonchev–Trinajstić information content (AvgIpc) is 3.41. The fourth-order valence-electron chi connectivity index (χ4n) is 8.13. The maximum Gasteiger partial charge on any atom is 0.306 e. The summed E-state index contributed by atoms with van der Waals surface area (Å²) in [5.41, 5.74) is 0. The number of ether oxygens (including phenoxy) is 3. The molecule has 0 rings (SSSR count). The van der Waals surface area contributed by atoms with Gasteiger partial charge >= 0.3 is 17.9 Å². The van der Waals surface area contributed by atoms with Crippen LogP contribution in [0.15, 0.2) is 134 Å². The van der Waals surface area contributed by atoms with Gasteiger partial charge in [-0.1, -0.05) is 270 Å². The Morgan fingerprint density at radius 2 is 0.533 bits per heavy atom. The quantitative estimate of drug-likeness (QED) is 0.0261. The summed E-state index contributed by atoms with van der Waals surface area (Å²) < 4.78 is 16.7. The largest absolute Gasteiger partial charge is 0.462 e. The molecule has 0 radical (unpaired) electrons. The van der Waals surface area contributed by atoms with Crippen molar-refractivity contribution in [2.24, 2.45) is 0 Å². The van der Waals surface area contributed by atoms with Crippen LogP contribution in [0.4, 0.5) is 0 Å². The van der Waals surface area contributed by atoms with Gasteiger partial charge in [-0.05, 0) is 109 Å². The van der Waals surface area contributed by atoms with Crippen LogP contribution >= 0.6 is 0 Å². The van der Waals surface area contributed by atoms with Gasteiger partial charge in [-0.2, -0.15) is 0 Å². The molecule has 0 aliphatic carbocycles. The first-order chi connectivity index (χ1) is 37.0. The van der Waals surface area contributed by atoms with E-state index in [1.807, 2.05) is 0 Å². The van der Waals surface area contributed by atoms with E-state index in [1.165, 1.54) is 103 Å². The van der Waals surface area contributed by atoms with Crippen molar-refractivity contribution in [3.05, 3.63) is 134 Å². The Kier molecular flexibility index (Phi) is 58.4. The van der Waals surface area contributed by atoms with Crippen LogP contribution in [0.5, 0.6) is 0 Å². The molecule has 0 fully saturated rings. The van der Waals surface area contributed by atoms with E-state index in [4.69, 9.17) is 14.2 Å². The van der Waals surface area contributed by atoms with Crippen LogP contribution in [0, 0.1) is 0 Å². The molecule has 0 N–H and O–H groups in total. The SMILES string of the molecule is CC/C=C\C/C=C\C/C=C\C/C=C\C/C=C\C/C=C\CCCCCCCCCCCCCCCCC(=O)OCC(COC(=O)CCCCCCCCC)OC(=O)CCC/C=C\C/C=C\C/C=C\C/C=C\C/C=C\CC. The number of hydrogen-bond donors (Lipinski definition) is 0. The summed E-state index contributed by atoms with van der Waals surface area (Å²) in [6.45, 7) is 6.32. The minimum Gasteiger partial charge on any atom is -0.462 e. The number of allylic oxidation sites excluding steroid dienone is 22. The number of rotatable bonds is 54. The lowest BCUT2D eigenvalue weighted by molar-refractivity contribution is -0.167. The van der Waals surface area contributed by atoms with Gasteiger partial charge in [0, 0.05) is 19.3 Å². The van der Waals surface area contributed by atoms with E-state index >= 15 is 0 Å². The fourth-order valence-corrected chi connectivity index (χ4v) is 8.13. The van der Waals surface area contributed by atoms with Gasteiger partial charge in [-0.15, -0.1) is 0 Å². The normalized spacial score (nSPS) is 13.1. The highest BCUT2D eigenvalue weighted by atomic mass is 16.6. The second-order valence-electron chi connectivity index (χ2n) is 19.9. The van der Waals surface area contributed by atoms with E-state index < -0.39 is 6.10 Å². The summed E-state index contributed by atoms with van der Waals surface area (Å²) in [7, 11) is 0. The van der Waals surface area contributed by atoms with Crippen LogP contribution in [-0.4, -0.2) is 37.2 Å². The van der Waals surface area contributed by atoms with Gasteiger partial charge in [0.05, 0.1) is 0 Å². The summed E-state index contributed by atoms with van der Waals surface area (Å²) in [6.07, 6.45) is 87.8. The zero-order valence-corrected chi connectivity index (χ0v) is 48.5. The van der Waals surface area contributed by atoms with Crippen LogP contribution < -0.4 is 0 Å². The van der Waals surface area contributed by atoms with Crippen LogP contribution in [0.25, 0.3) is 0 Å². The van der Waals surface area contributed by atoms with E-state index in [1.54, 1.807) is 0 Å². The Labute approximate surface area is 462 Å². The number of carbonyl (C=O) groups excluding carboxylic acids is 3. The molecule has 0 aromatic rings. The number of hydrogen-bond acceptors (Lipinski definition) is 6. The second-order valence-corrected chi connectivity index (χ2v) is 19.9. The number of carbonyl (C=O) groups is 3. The van der Waals surface area contributed by atoms with E-state index in [2.05, 4.69) is 154 Å². The first-order valence-corrected chi connectivity index (χ1v) is 30.7. The molecule has 0 bridgehead atoms. The smallest absolute Gasteiger partial charge is 0.306 e. The van der Waals surface area contributed by atoms with E-state index in [-0.39, 0.29) is 37.5 Å². The minimum atomic E-state index is -0.808. The van der Waals surface area contributed by atoms with Crippen LogP contribution in [0.1, 0.15) is 265 Å². The van der Waals surface area contributed by atoms with Gasteiger partial charge in [-0.25, -0.2) is 0 Å². The molecule has 0 heterocycles. The predicted molar refractivity (Wildman–Crippen MR) is 325 cm³/mol. The predicted octanol–water partition coefficient (Wildman–Crippen LogP) is 21.0. The molecule has 0 aromatic carbocycles. The molecule has 75 heavy (non-hydrogen) atoms. The number of esters is 3. The average molecular weight is 1040 g/mol. The van der Waals surface area contributed by atoms with Gasteiger partial charge in [0.15, 0.2) is 6.10 Å². The molecular formula is C69H112O6. The van der Waals surface area contributed by atoms with E-state index in [9.17, 15) is 14.4 Å². The third-order valence-electron chi connectivity index (χ3n) is 12.7. The van der Waals surface area contributed by atoms with Gasteiger partial charge in [0.25, 0.3) is 0 Å². The molecule has 0 amide bonds. The second kappa shape index (κ2) is 62.1. The van der Waals surface area contributed by atoms with Gasteiger partial charge in [-0.3, -0.25) is 14.4 Å². The molecule has 6 nitrogen and oxygen atoms in total. The van der Waals surface area contributed by atoms with E-state index in [0.717, 1.165) is 116 Å². The molecule has 6 heteroatoms. The highest BCUT2D eigenvalue weighted by Crippen LogP contribution is 2.15. The van der Waals surface area contributed by atoms with Crippen molar-refractivity contribution < 1.29 is 28.6 Å². The molecule has 0 aliphatic rings. The molecule has 0 saturated heterocycles. The molecule has 0 saturated carbocycles. The molecule has 0 aromatic heterocycles. The van der Waals surface area contributed by atoms with Crippen LogP contribution in [0.3, 0.4) is 0 Å². The Morgan fingerprint density at radius 1 is 0.280 bits per heavy atom. The Hall–Kier alpha value is -4.45. The van der Waals surface area contributed by atoms with Gasteiger partial charge in [0.2, 0.25) is 0 Å². The van der Waals surface area contributed by atoms with Crippen molar-refractivity contribution in [3.63, 3.8) is 0 Å². The standard InChI is InChI=1S/C69H112O6/c1-4-7-10-13-16-18-20-22-24-26-27-28-29-30-31-32-33-34-35-36-37-38-39-40-41-43-44-46-48-50-53-56-59-62-68(71)74-65-66(64-73-67(70)61-58-55-52-15-12-9-6-3)75-69(72)63-60-57-54-51-49-47-45-42-25-23-21-19-17-14-11-8-5-2/h7-8,10-11,16-19,22-25,27-28,30-31,33-34,45,47,51,54,66H,4-6,9,12-15,20-21,26,29,32,35-44,46,48-50,52-53,55-65H2,1-3H3/b10-7-,11-8-,18-16-,19-17-,24-22-,25-23-,28-27-,31-30-,34-33-,47-45-,54-51-. The maximum absolute atomic E-state index is 12.8. The van der Waals surface area contributed by atoms with Gasteiger partial charge in [0.1, 0.15) is 13.2 Å². The summed E-state index contributed by atoms with van der Waals surface area (Å²) in [6, 6.07) is 0. The third-order valence-corrected chi connectivity index (χ3v) is 12.7. The van der Waals surface area contributed by atoms with Crippen molar-refractivity contribution in [1.82, 2.24) is 0 Å². The van der Waals surface area contributed by atoms with Crippen LogP contribution in [0.2, 0.25) is 0 Å². The van der Waals surface area contributed by atoms with Crippen molar-refractivity contribution >= 4 is 17.9 Å². The van der Waals surface area contributed by atoms with Crippen molar-refractivity contribution in [2.45, 2.75) is 271 Å². The minimum absolute atomic E-state index is 0.102. The Morgan fingerprint density at radius 3 is 0.853 bits per heavy atom. The Balaban J connectivity index is 4.13. The summed E-state index contributed by atoms with van der Waals surface area (Å²) in [5, 5.41) is 0. The zero-order valence-electron chi connectivity index (χ0n) is 48.5. The highest BCUT2D eigenvalue weighted by molar-refractivity contribution is 5.71. The first-order valence-electron chi connectivity index (χ1n) is 30.7. The summed E-state index contributed by atoms with van der Waals surface area (Å²) in [4.78, 5) is 38.0. The van der Waals surface area contributed by atoms with Crippen molar-refractivity contribution in [2.75, 3.05) is 13.2 Å². The third kappa shape index (κ3) is 60.3. The molecular weight excluding hydrogens is 925 g/mol.